The standard InChI is InChI=1S/C10H17N3OS/c1-13(6-7-15-3)9-5-4-8(11)10(12-9)14-2/h4-5H,6-7,11H2,1-3H3. The molecule has 0 unspecified atom stereocenters. The molecule has 5 heteroatoms. The third-order valence-corrected chi connectivity index (χ3v) is 2.68. The number of pyridine rings is 1. The highest BCUT2D eigenvalue weighted by Crippen LogP contribution is 2.21. The number of thioether (sulfide) groups is 1. The van der Waals surface area contributed by atoms with Crippen LogP contribution in [0.2, 0.25) is 0 Å². The highest BCUT2D eigenvalue weighted by atomic mass is 32.2. The van der Waals surface area contributed by atoms with Crippen molar-refractivity contribution in [3.63, 3.8) is 0 Å². The average Bonchev–Trinajstić information content (AvgIpc) is 2.26. The maximum Gasteiger partial charge on any atom is 0.238 e. The highest BCUT2D eigenvalue weighted by molar-refractivity contribution is 7.98. The van der Waals surface area contributed by atoms with Gasteiger partial charge >= 0.3 is 0 Å². The number of hydrogen-bond donors (Lipinski definition) is 1. The zero-order chi connectivity index (χ0) is 11.3. The van der Waals surface area contributed by atoms with Crippen LogP contribution in [0.4, 0.5) is 11.5 Å². The van der Waals surface area contributed by atoms with Crippen LogP contribution in [0.25, 0.3) is 0 Å². The molecule has 15 heavy (non-hydrogen) atoms. The van der Waals surface area contributed by atoms with Gasteiger partial charge in [0.1, 0.15) is 5.82 Å². The van der Waals surface area contributed by atoms with Gasteiger partial charge in [-0.25, -0.2) is 0 Å². The van der Waals surface area contributed by atoms with E-state index in [1.165, 1.54) is 0 Å². The van der Waals surface area contributed by atoms with E-state index in [-0.39, 0.29) is 0 Å². The fourth-order valence-corrected chi connectivity index (χ4v) is 1.62. The summed E-state index contributed by atoms with van der Waals surface area (Å²) in [6.07, 6.45) is 2.09. The van der Waals surface area contributed by atoms with E-state index in [1.807, 2.05) is 30.9 Å². The summed E-state index contributed by atoms with van der Waals surface area (Å²) in [6, 6.07) is 3.72. The van der Waals surface area contributed by atoms with E-state index in [0.717, 1.165) is 18.1 Å². The Labute approximate surface area is 94.8 Å². The van der Waals surface area contributed by atoms with E-state index in [2.05, 4.69) is 16.1 Å². The molecule has 1 aromatic heterocycles. The SMILES string of the molecule is COc1nc(N(C)CCSC)ccc1N. The van der Waals surface area contributed by atoms with Gasteiger partial charge < -0.3 is 15.4 Å². The zero-order valence-corrected chi connectivity index (χ0v) is 10.2. The first-order chi connectivity index (χ1) is 7.19. The molecule has 0 aliphatic rings. The molecule has 0 atom stereocenters. The Morgan fingerprint density at radius 1 is 1.53 bits per heavy atom. The summed E-state index contributed by atoms with van der Waals surface area (Å²) in [7, 11) is 3.58. The van der Waals surface area contributed by atoms with Gasteiger partial charge in [-0.3, -0.25) is 0 Å². The second-order valence-electron chi connectivity index (χ2n) is 3.18. The third kappa shape index (κ3) is 3.20. The number of hydrogen-bond acceptors (Lipinski definition) is 5. The lowest BCUT2D eigenvalue weighted by Gasteiger charge is -2.18. The van der Waals surface area contributed by atoms with Crippen LogP contribution in [-0.2, 0) is 0 Å². The molecule has 1 rings (SSSR count). The predicted octanol–water partition coefficient (Wildman–Crippen LogP) is 1.47. The summed E-state index contributed by atoms with van der Waals surface area (Å²) in [4.78, 5) is 6.39. The smallest absolute Gasteiger partial charge is 0.238 e. The molecule has 0 saturated heterocycles. The zero-order valence-electron chi connectivity index (χ0n) is 9.36. The summed E-state index contributed by atoms with van der Waals surface area (Å²) < 4.78 is 5.07. The van der Waals surface area contributed by atoms with Crippen LogP contribution in [0, 0.1) is 0 Å². The monoisotopic (exact) mass is 227 g/mol. The minimum Gasteiger partial charge on any atom is -0.479 e. The molecule has 0 fully saturated rings. The maximum atomic E-state index is 5.69. The van der Waals surface area contributed by atoms with Gasteiger partial charge in [0.25, 0.3) is 0 Å². The average molecular weight is 227 g/mol. The van der Waals surface area contributed by atoms with Gasteiger partial charge in [0.15, 0.2) is 0 Å². The van der Waals surface area contributed by atoms with E-state index < -0.39 is 0 Å². The van der Waals surface area contributed by atoms with Gasteiger partial charge in [-0.15, -0.1) is 0 Å². The number of methoxy groups -OCH3 is 1. The third-order valence-electron chi connectivity index (χ3n) is 2.09. The summed E-state index contributed by atoms with van der Waals surface area (Å²) in [5.74, 6) is 2.45. The summed E-state index contributed by atoms with van der Waals surface area (Å²) >= 11 is 1.81. The number of ether oxygens (including phenoxy) is 1. The lowest BCUT2D eigenvalue weighted by molar-refractivity contribution is 0.400. The van der Waals surface area contributed by atoms with E-state index in [1.54, 1.807) is 7.11 Å². The topological polar surface area (TPSA) is 51.4 Å². The molecule has 1 heterocycles. The van der Waals surface area contributed by atoms with Crippen LogP contribution in [-0.4, -0.2) is 37.7 Å². The van der Waals surface area contributed by atoms with Gasteiger partial charge in [-0.05, 0) is 18.4 Å². The summed E-state index contributed by atoms with van der Waals surface area (Å²) in [5, 5.41) is 0. The lowest BCUT2D eigenvalue weighted by Crippen LogP contribution is -2.21. The van der Waals surface area contributed by atoms with Crippen LogP contribution in [0.5, 0.6) is 5.88 Å². The van der Waals surface area contributed by atoms with E-state index in [9.17, 15) is 0 Å². The first-order valence-corrected chi connectivity index (χ1v) is 6.09. The second kappa shape index (κ2) is 5.70. The van der Waals surface area contributed by atoms with Gasteiger partial charge in [0.05, 0.1) is 12.8 Å². The summed E-state index contributed by atoms with van der Waals surface area (Å²) in [5.41, 5.74) is 6.26. The Kier molecular flexibility index (Phi) is 4.55. The molecule has 0 aliphatic carbocycles. The number of nitrogens with zero attached hydrogens (tertiary/aromatic N) is 2. The molecule has 0 radical (unpaired) electrons. The Hall–Kier alpha value is -1.10. The second-order valence-corrected chi connectivity index (χ2v) is 4.17. The number of rotatable bonds is 5. The van der Waals surface area contributed by atoms with Gasteiger partial charge in [-0.1, -0.05) is 0 Å². The van der Waals surface area contributed by atoms with Crippen molar-refractivity contribution in [1.29, 1.82) is 0 Å². The van der Waals surface area contributed by atoms with E-state index in [4.69, 9.17) is 10.5 Å². The van der Waals surface area contributed by atoms with Crippen LogP contribution < -0.4 is 15.4 Å². The molecule has 0 amide bonds. The highest BCUT2D eigenvalue weighted by Gasteiger charge is 2.06. The normalized spacial score (nSPS) is 10.1. The van der Waals surface area contributed by atoms with Crippen molar-refractivity contribution in [3.05, 3.63) is 12.1 Å². The molecule has 84 valence electrons. The minimum absolute atomic E-state index is 0.489. The molecule has 0 spiro atoms. The molecular formula is C10H17N3OS. The quantitative estimate of drug-likeness (QED) is 0.825. The van der Waals surface area contributed by atoms with Gasteiger partial charge in [-0.2, -0.15) is 16.7 Å². The van der Waals surface area contributed by atoms with Crippen molar-refractivity contribution in [2.24, 2.45) is 0 Å². The predicted molar refractivity (Wildman–Crippen MR) is 66.9 cm³/mol. The van der Waals surface area contributed by atoms with Crippen molar-refractivity contribution in [3.8, 4) is 5.88 Å². The minimum atomic E-state index is 0.489. The number of nitrogens with two attached hydrogens (primary N) is 1. The first-order valence-electron chi connectivity index (χ1n) is 4.69. The first kappa shape index (κ1) is 12.0. The van der Waals surface area contributed by atoms with Gasteiger partial charge in [0.2, 0.25) is 5.88 Å². The van der Waals surface area contributed by atoms with Crippen LogP contribution in [0.1, 0.15) is 0 Å². The van der Waals surface area contributed by atoms with Crippen LogP contribution >= 0.6 is 11.8 Å². The number of aromatic nitrogens is 1. The molecule has 2 N–H and O–H groups in total. The molecule has 1 aromatic rings. The van der Waals surface area contributed by atoms with Crippen molar-refractivity contribution in [2.75, 3.05) is 43.3 Å². The molecule has 0 bridgehead atoms. The van der Waals surface area contributed by atoms with Crippen LogP contribution in [0.15, 0.2) is 12.1 Å². The maximum absolute atomic E-state index is 5.69. The Morgan fingerprint density at radius 2 is 2.27 bits per heavy atom. The molecule has 0 aromatic carbocycles. The van der Waals surface area contributed by atoms with Crippen molar-refractivity contribution in [1.82, 2.24) is 4.98 Å². The van der Waals surface area contributed by atoms with E-state index in [0.29, 0.717) is 11.6 Å². The van der Waals surface area contributed by atoms with Crippen molar-refractivity contribution < 1.29 is 4.74 Å². The molecule has 0 saturated carbocycles. The lowest BCUT2D eigenvalue weighted by atomic mass is 10.4. The number of nitrogen functional groups attached to an aromatic ring is 1. The Morgan fingerprint density at radius 3 is 2.87 bits per heavy atom. The fraction of sp³-hybridized carbons (Fsp3) is 0.500. The van der Waals surface area contributed by atoms with Crippen LogP contribution in [0.3, 0.4) is 0 Å². The molecular weight excluding hydrogens is 210 g/mol. The van der Waals surface area contributed by atoms with Crippen molar-refractivity contribution in [2.45, 2.75) is 0 Å². The van der Waals surface area contributed by atoms with E-state index >= 15 is 0 Å². The Bertz CT molecular complexity index is 320. The molecule has 0 aliphatic heterocycles. The van der Waals surface area contributed by atoms with Crippen molar-refractivity contribution >= 4 is 23.3 Å². The fourth-order valence-electron chi connectivity index (χ4n) is 1.16. The largest absolute Gasteiger partial charge is 0.479 e. The molecule has 4 nitrogen and oxygen atoms in total. The number of anilines is 2. The Balaban J connectivity index is 2.76. The van der Waals surface area contributed by atoms with Gasteiger partial charge in [0, 0.05) is 19.3 Å². The summed E-state index contributed by atoms with van der Waals surface area (Å²) in [6.45, 7) is 0.960.